The first-order valence-corrected chi connectivity index (χ1v) is 9.96. The Balaban J connectivity index is 1.55. The Morgan fingerprint density at radius 3 is 2.43 bits per heavy atom. The molecule has 1 aromatic rings. The highest BCUT2D eigenvalue weighted by Gasteiger charge is 2.43. The average molecular weight is 426 g/mol. The van der Waals surface area contributed by atoms with Crippen LogP contribution in [0.1, 0.15) is 31.2 Å². The number of ether oxygens (including phenoxy) is 2. The average Bonchev–Trinajstić information content (AvgIpc) is 2.75. The second-order valence-electron chi connectivity index (χ2n) is 7.12. The number of nitrogens with one attached hydrogen (secondary N) is 2. The van der Waals surface area contributed by atoms with Crippen molar-refractivity contribution in [2.45, 2.75) is 62.9 Å². The van der Waals surface area contributed by atoms with Crippen molar-refractivity contribution in [2.75, 3.05) is 13.2 Å². The summed E-state index contributed by atoms with van der Waals surface area (Å²) in [4.78, 5) is 23.6. The number of alkyl carbamates (subject to hydrolysis) is 1. The van der Waals surface area contributed by atoms with Crippen molar-refractivity contribution >= 4 is 12.0 Å². The topological polar surface area (TPSA) is 158 Å². The number of aliphatic hydroxyl groups excluding tert-OH is 4. The van der Waals surface area contributed by atoms with Gasteiger partial charge in [-0.15, -0.1) is 0 Å². The molecule has 1 saturated heterocycles. The molecule has 5 atom stereocenters. The van der Waals surface area contributed by atoms with Gasteiger partial charge in [-0.05, 0) is 18.4 Å². The van der Waals surface area contributed by atoms with Gasteiger partial charge in [-0.1, -0.05) is 36.8 Å². The van der Waals surface area contributed by atoms with E-state index in [1.807, 2.05) is 30.3 Å². The molecule has 2 amide bonds. The maximum atomic E-state index is 12.0. The first kappa shape index (κ1) is 24.0. The number of carbonyl (C=O) groups is 2. The third-order valence-electron chi connectivity index (χ3n) is 4.76. The Bertz CT molecular complexity index is 657. The molecule has 0 aliphatic carbocycles. The summed E-state index contributed by atoms with van der Waals surface area (Å²) in [6.07, 6.45) is -5.24. The molecule has 10 nitrogen and oxygen atoms in total. The number of amides is 2. The number of benzene rings is 1. The van der Waals surface area contributed by atoms with E-state index < -0.39 is 49.3 Å². The van der Waals surface area contributed by atoms with Crippen LogP contribution in [0.15, 0.2) is 30.3 Å². The molecule has 0 bridgehead atoms. The fourth-order valence-corrected chi connectivity index (χ4v) is 3.00. The standard InChI is InChI=1S/C20H30N2O8/c23-11-14-16(25)17(26)18(27)19(30-14)22-15(24)9-5-2-6-10-21-20(28)29-12-13-7-3-1-4-8-13/h1,3-4,7-8,14,16-19,23,25-27H,2,5-6,9-12H2,(H,21,28)(H,22,24)/t14-,16-,17-,18-,19+/m0/s1. The van der Waals surface area contributed by atoms with Gasteiger partial charge in [0.1, 0.15) is 31.0 Å². The number of aliphatic hydroxyl groups is 4. The Labute approximate surface area is 174 Å². The molecule has 10 heteroatoms. The molecule has 1 fully saturated rings. The molecule has 1 aliphatic rings. The third-order valence-corrected chi connectivity index (χ3v) is 4.76. The zero-order valence-corrected chi connectivity index (χ0v) is 16.6. The lowest BCUT2D eigenvalue weighted by Gasteiger charge is -2.40. The van der Waals surface area contributed by atoms with E-state index in [1.165, 1.54) is 0 Å². The number of hydrogen-bond acceptors (Lipinski definition) is 8. The van der Waals surface area contributed by atoms with Crippen molar-refractivity contribution in [1.29, 1.82) is 0 Å². The minimum absolute atomic E-state index is 0.160. The highest BCUT2D eigenvalue weighted by molar-refractivity contribution is 5.76. The van der Waals surface area contributed by atoms with E-state index in [0.29, 0.717) is 25.8 Å². The van der Waals surface area contributed by atoms with E-state index in [4.69, 9.17) is 14.6 Å². The quantitative estimate of drug-likeness (QED) is 0.271. The maximum absolute atomic E-state index is 12.0. The first-order chi connectivity index (χ1) is 14.4. The summed E-state index contributed by atoms with van der Waals surface area (Å²) >= 11 is 0. The van der Waals surface area contributed by atoms with Gasteiger partial charge in [0.05, 0.1) is 6.61 Å². The van der Waals surface area contributed by atoms with E-state index in [9.17, 15) is 24.9 Å². The molecular formula is C20H30N2O8. The zero-order chi connectivity index (χ0) is 21.9. The van der Waals surface area contributed by atoms with E-state index >= 15 is 0 Å². The smallest absolute Gasteiger partial charge is 0.407 e. The molecule has 0 radical (unpaired) electrons. The van der Waals surface area contributed by atoms with Crippen LogP contribution in [0, 0.1) is 0 Å². The van der Waals surface area contributed by atoms with Gasteiger partial charge in [0.2, 0.25) is 5.91 Å². The lowest BCUT2D eigenvalue weighted by molar-refractivity contribution is -0.236. The minimum Gasteiger partial charge on any atom is -0.445 e. The van der Waals surface area contributed by atoms with Crippen LogP contribution in [0.3, 0.4) is 0 Å². The lowest BCUT2D eigenvalue weighted by atomic mass is 9.98. The van der Waals surface area contributed by atoms with E-state index in [1.54, 1.807) is 0 Å². The van der Waals surface area contributed by atoms with Crippen molar-refractivity contribution in [1.82, 2.24) is 10.6 Å². The van der Waals surface area contributed by atoms with Gasteiger partial charge in [-0.25, -0.2) is 4.79 Å². The highest BCUT2D eigenvalue weighted by atomic mass is 16.6. The van der Waals surface area contributed by atoms with Crippen molar-refractivity contribution < 1.29 is 39.5 Å². The molecule has 2 rings (SSSR count). The van der Waals surface area contributed by atoms with E-state index in [0.717, 1.165) is 5.56 Å². The summed E-state index contributed by atoms with van der Waals surface area (Å²) in [5, 5.41) is 43.6. The number of rotatable bonds is 10. The molecular weight excluding hydrogens is 396 g/mol. The van der Waals surface area contributed by atoms with Crippen LogP contribution in [-0.2, 0) is 20.9 Å². The Morgan fingerprint density at radius 2 is 1.73 bits per heavy atom. The van der Waals surface area contributed by atoms with Gasteiger partial charge in [0.25, 0.3) is 0 Å². The van der Waals surface area contributed by atoms with Crippen LogP contribution in [0.2, 0.25) is 0 Å². The van der Waals surface area contributed by atoms with Crippen molar-refractivity contribution in [3.8, 4) is 0 Å². The molecule has 1 aliphatic heterocycles. The molecule has 6 N–H and O–H groups in total. The molecule has 168 valence electrons. The molecule has 1 heterocycles. The van der Waals surface area contributed by atoms with Crippen molar-refractivity contribution in [3.05, 3.63) is 35.9 Å². The van der Waals surface area contributed by atoms with Crippen molar-refractivity contribution in [3.63, 3.8) is 0 Å². The molecule has 30 heavy (non-hydrogen) atoms. The fraction of sp³-hybridized carbons (Fsp3) is 0.600. The van der Waals surface area contributed by atoms with Crippen LogP contribution in [-0.4, -0.2) is 76.2 Å². The second kappa shape index (κ2) is 12.5. The van der Waals surface area contributed by atoms with E-state index in [-0.39, 0.29) is 13.0 Å². The largest absolute Gasteiger partial charge is 0.445 e. The van der Waals surface area contributed by atoms with Gasteiger partial charge in [0, 0.05) is 13.0 Å². The SMILES string of the molecule is O=C(CCCCCNC(=O)OCc1ccccc1)N[C@@H]1O[C@@H](CO)[C@H](O)[C@H](O)[C@@H]1O. The molecule has 0 saturated carbocycles. The lowest BCUT2D eigenvalue weighted by Crippen LogP contribution is -2.63. The summed E-state index contributed by atoms with van der Waals surface area (Å²) < 4.78 is 10.3. The Kier molecular flexibility index (Phi) is 9.98. The third kappa shape index (κ3) is 7.54. The normalized spacial score (nSPS) is 26.1. The number of hydrogen-bond donors (Lipinski definition) is 6. The predicted molar refractivity (Wildman–Crippen MR) is 105 cm³/mol. The predicted octanol–water partition coefficient (Wildman–Crippen LogP) is -0.611. The van der Waals surface area contributed by atoms with Crippen LogP contribution in [0.5, 0.6) is 0 Å². The summed E-state index contributed by atoms with van der Waals surface area (Å²) in [7, 11) is 0. The van der Waals surface area contributed by atoms with Gasteiger partial charge in [0.15, 0.2) is 6.23 Å². The zero-order valence-electron chi connectivity index (χ0n) is 16.6. The summed E-state index contributed by atoms with van der Waals surface area (Å²) in [5.74, 6) is -0.394. The van der Waals surface area contributed by atoms with Crippen molar-refractivity contribution in [2.24, 2.45) is 0 Å². The van der Waals surface area contributed by atoms with Gasteiger partial charge >= 0.3 is 6.09 Å². The first-order valence-electron chi connectivity index (χ1n) is 9.96. The molecule has 0 spiro atoms. The monoisotopic (exact) mass is 426 g/mol. The van der Waals surface area contributed by atoms with Crippen LogP contribution >= 0.6 is 0 Å². The molecule has 0 unspecified atom stereocenters. The van der Waals surface area contributed by atoms with E-state index in [2.05, 4.69) is 10.6 Å². The van der Waals surface area contributed by atoms with Gasteiger partial charge < -0.3 is 40.5 Å². The molecule has 0 aromatic heterocycles. The summed E-state index contributed by atoms with van der Waals surface area (Å²) in [6.45, 7) is 0.0604. The van der Waals surface area contributed by atoms with Gasteiger partial charge in [-0.3, -0.25) is 4.79 Å². The Hall–Kier alpha value is -2.24. The minimum atomic E-state index is -1.53. The van der Waals surface area contributed by atoms with Crippen LogP contribution < -0.4 is 10.6 Å². The number of unbranched alkanes of at least 4 members (excludes halogenated alkanes) is 2. The fourth-order valence-electron chi connectivity index (χ4n) is 3.00. The van der Waals surface area contributed by atoms with Crippen LogP contribution in [0.4, 0.5) is 4.79 Å². The second-order valence-corrected chi connectivity index (χ2v) is 7.12. The summed E-state index contributed by atoms with van der Waals surface area (Å²) in [6, 6.07) is 9.34. The summed E-state index contributed by atoms with van der Waals surface area (Å²) in [5.41, 5.74) is 0.901. The maximum Gasteiger partial charge on any atom is 0.407 e. The van der Waals surface area contributed by atoms with Gasteiger partial charge in [-0.2, -0.15) is 0 Å². The number of carbonyl (C=O) groups excluding carboxylic acids is 2. The molecule has 1 aromatic carbocycles. The Morgan fingerprint density at radius 1 is 1.00 bits per heavy atom. The highest BCUT2D eigenvalue weighted by Crippen LogP contribution is 2.19. The van der Waals surface area contributed by atoms with Crippen LogP contribution in [0.25, 0.3) is 0 Å².